The second-order valence-corrected chi connectivity index (χ2v) is 7.05. The van der Waals surface area contributed by atoms with Crippen LogP contribution >= 0.6 is 11.3 Å². The zero-order valence-electron chi connectivity index (χ0n) is 15.1. The first-order chi connectivity index (χ1) is 12.7. The maximum absolute atomic E-state index is 12.4. The smallest absolute Gasteiger partial charge is 0.281 e. The molecule has 0 unspecified atom stereocenters. The monoisotopic (exact) mass is 374 g/mol. The van der Waals surface area contributed by atoms with E-state index in [0.29, 0.717) is 27.7 Å². The number of methoxy groups -OCH3 is 3. The molecule has 1 aliphatic carbocycles. The number of nitrogens with one attached hydrogen (secondary N) is 1. The number of hydrogen-bond donors (Lipinski definition) is 1. The van der Waals surface area contributed by atoms with Crippen molar-refractivity contribution >= 4 is 23.5 Å². The fourth-order valence-electron chi connectivity index (χ4n) is 2.97. The number of ether oxygens (including phenoxy) is 3. The van der Waals surface area contributed by atoms with Gasteiger partial charge in [-0.05, 0) is 37.3 Å². The molecule has 2 aromatic rings. The molecule has 1 amide bonds. The lowest BCUT2D eigenvalue weighted by molar-refractivity contribution is 0.0959. The number of nitrogens with zero attached hydrogens (tertiary/aromatic N) is 1. The lowest BCUT2D eigenvalue weighted by Crippen LogP contribution is -2.16. The van der Waals surface area contributed by atoms with E-state index in [2.05, 4.69) is 10.5 Å². The third-order valence-corrected chi connectivity index (χ3v) is 5.57. The minimum Gasteiger partial charge on any atom is -0.496 e. The zero-order chi connectivity index (χ0) is 18.5. The van der Waals surface area contributed by atoms with Crippen LogP contribution in [-0.4, -0.2) is 33.5 Å². The molecule has 1 aliphatic rings. The van der Waals surface area contributed by atoms with Crippen LogP contribution in [0.2, 0.25) is 0 Å². The van der Waals surface area contributed by atoms with Gasteiger partial charge in [-0.1, -0.05) is 0 Å². The number of carbonyl (C=O) groups excluding carboxylic acids is 1. The van der Waals surface area contributed by atoms with E-state index in [4.69, 9.17) is 14.2 Å². The first-order valence-corrected chi connectivity index (χ1v) is 9.23. The standard InChI is InChI=1S/C19H22N2O4S/c1-23-13-9-15(24-2)14(16(10-13)25-3)11-20-21-19(22)18-8-12-6-4-5-7-17(12)26-18/h8-11H,4-7H2,1-3H3,(H,21,22). The highest BCUT2D eigenvalue weighted by Gasteiger charge is 2.17. The minimum absolute atomic E-state index is 0.202. The molecule has 1 aromatic heterocycles. The van der Waals surface area contributed by atoms with Crippen molar-refractivity contribution in [2.75, 3.05) is 21.3 Å². The Kier molecular flexibility index (Phi) is 5.78. The van der Waals surface area contributed by atoms with Crippen LogP contribution in [-0.2, 0) is 12.8 Å². The maximum Gasteiger partial charge on any atom is 0.281 e. The van der Waals surface area contributed by atoms with Crippen LogP contribution in [0.3, 0.4) is 0 Å². The maximum atomic E-state index is 12.4. The van der Waals surface area contributed by atoms with Crippen molar-refractivity contribution in [3.63, 3.8) is 0 Å². The highest BCUT2D eigenvalue weighted by atomic mass is 32.1. The van der Waals surface area contributed by atoms with Gasteiger partial charge in [0, 0.05) is 17.0 Å². The van der Waals surface area contributed by atoms with E-state index in [1.807, 2.05) is 6.07 Å². The van der Waals surface area contributed by atoms with Gasteiger partial charge in [-0.25, -0.2) is 5.43 Å². The van der Waals surface area contributed by atoms with Crippen molar-refractivity contribution in [3.8, 4) is 17.2 Å². The van der Waals surface area contributed by atoms with Gasteiger partial charge in [-0.3, -0.25) is 4.79 Å². The lowest BCUT2D eigenvalue weighted by atomic mass is 9.99. The summed E-state index contributed by atoms with van der Waals surface area (Å²) in [4.78, 5) is 14.4. The first kappa shape index (κ1) is 18.3. The fourth-order valence-corrected chi connectivity index (χ4v) is 4.12. The molecule has 26 heavy (non-hydrogen) atoms. The summed E-state index contributed by atoms with van der Waals surface area (Å²) in [6, 6.07) is 5.45. The summed E-state index contributed by atoms with van der Waals surface area (Å²) in [5.74, 6) is 1.51. The van der Waals surface area contributed by atoms with Crippen LogP contribution in [0.5, 0.6) is 17.2 Å². The summed E-state index contributed by atoms with van der Waals surface area (Å²) in [5, 5.41) is 4.08. The van der Waals surface area contributed by atoms with Crippen molar-refractivity contribution in [3.05, 3.63) is 39.1 Å². The molecule has 1 N–H and O–H groups in total. The van der Waals surface area contributed by atoms with Crippen LogP contribution in [0, 0.1) is 0 Å². The molecular formula is C19H22N2O4S. The largest absolute Gasteiger partial charge is 0.496 e. The average molecular weight is 374 g/mol. The Morgan fingerprint density at radius 2 is 1.77 bits per heavy atom. The van der Waals surface area contributed by atoms with Crippen LogP contribution in [0.1, 0.15) is 38.5 Å². The van der Waals surface area contributed by atoms with Crippen LogP contribution in [0.15, 0.2) is 23.3 Å². The number of fused-ring (bicyclic) bond motifs is 1. The molecule has 0 atom stereocenters. The number of amides is 1. The number of carbonyl (C=O) groups is 1. The fraction of sp³-hybridized carbons (Fsp3) is 0.368. The number of aryl methyl sites for hydroxylation is 2. The van der Waals surface area contributed by atoms with E-state index >= 15 is 0 Å². The van der Waals surface area contributed by atoms with E-state index in [9.17, 15) is 4.79 Å². The Hall–Kier alpha value is -2.54. The molecule has 0 bridgehead atoms. The molecule has 3 rings (SSSR count). The molecule has 0 spiro atoms. The lowest BCUT2D eigenvalue weighted by Gasteiger charge is -2.12. The molecule has 0 radical (unpaired) electrons. The predicted molar refractivity (Wildman–Crippen MR) is 102 cm³/mol. The van der Waals surface area contributed by atoms with Gasteiger partial charge < -0.3 is 14.2 Å². The topological polar surface area (TPSA) is 69.2 Å². The number of hydrazone groups is 1. The van der Waals surface area contributed by atoms with Gasteiger partial charge >= 0.3 is 0 Å². The van der Waals surface area contributed by atoms with E-state index in [0.717, 1.165) is 12.8 Å². The zero-order valence-corrected chi connectivity index (χ0v) is 15.9. The van der Waals surface area contributed by atoms with Gasteiger partial charge in [-0.15, -0.1) is 11.3 Å². The van der Waals surface area contributed by atoms with Gasteiger partial charge in [0.1, 0.15) is 17.2 Å². The summed E-state index contributed by atoms with van der Waals surface area (Å²) in [5.41, 5.74) is 4.51. The summed E-state index contributed by atoms with van der Waals surface area (Å²) < 4.78 is 16.0. The van der Waals surface area contributed by atoms with Crippen molar-refractivity contribution in [2.45, 2.75) is 25.7 Å². The molecule has 7 heteroatoms. The third-order valence-electron chi connectivity index (χ3n) is 4.33. The van der Waals surface area contributed by atoms with E-state index in [1.54, 1.807) is 44.8 Å². The molecule has 1 heterocycles. The summed E-state index contributed by atoms with van der Waals surface area (Å²) in [6.07, 6.45) is 6.03. The molecule has 0 fully saturated rings. The van der Waals surface area contributed by atoms with Crippen molar-refractivity contribution in [1.29, 1.82) is 0 Å². The van der Waals surface area contributed by atoms with Gasteiger partial charge in [-0.2, -0.15) is 5.10 Å². The Labute approximate surface area is 156 Å². The Bertz CT molecular complexity index is 780. The molecule has 0 saturated heterocycles. The van der Waals surface area contributed by atoms with Crippen LogP contribution in [0.25, 0.3) is 0 Å². The van der Waals surface area contributed by atoms with Gasteiger partial charge in [0.05, 0.1) is 38.0 Å². The molecule has 0 aliphatic heterocycles. The molecule has 0 saturated carbocycles. The van der Waals surface area contributed by atoms with Crippen molar-refractivity contribution in [1.82, 2.24) is 5.43 Å². The summed E-state index contributed by atoms with van der Waals surface area (Å²) in [6.45, 7) is 0. The van der Waals surface area contributed by atoms with Gasteiger partial charge in [0.15, 0.2) is 0 Å². The SMILES string of the molecule is COc1cc(OC)c(C=NNC(=O)c2cc3c(s2)CCCC3)c(OC)c1. The van der Waals surface area contributed by atoms with Crippen molar-refractivity contribution < 1.29 is 19.0 Å². The number of rotatable bonds is 6. The van der Waals surface area contributed by atoms with E-state index in [-0.39, 0.29) is 5.91 Å². The average Bonchev–Trinajstić information content (AvgIpc) is 3.12. The van der Waals surface area contributed by atoms with E-state index in [1.165, 1.54) is 29.5 Å². The summed E-state index contributed by atoms with van der Waals surface area (Å²) >= 11 is 1.56. The quantitative estimate of drug-likeness (QED) is 0.621. The molecule has 138 valence electrons. The highest BCUT2D eigenvalue weighted by Crippen LogP contribution is 2.33. The molecule has 6 nitrogen and oxygen atoms in total. The van der Waals surface area contributed by atoms with Crippen molar-refractivity contribution in [2.24, 2.45) is 5.10 Å². The summed E-state index contributed by atoms with van der Waals surface area (Å²) in [7, 11) is 4.68. The Morgan fingerprint density at radius 1 is 1.08 bits per heavy atom. The predicted octanol–water partition coefficient (Wildman–Crippen LogP) is 3.42. The second kappa shape index (κ2) is 8.23. The normalized spacial score (nSPS) is 13.3. The van der Waals surface area contributed by atoms with Crippen LogP contribution < -0.4 is 19.6 Å². The minimum atomic E-state index is -0.202. The Morgan fingerprint density at radius 3 is 2.38 bits per heavy atom. The van der Waals surface area contributed by atoms with Gasteiger partial charge in [0.2, 0.25) is 0 Å². The van der Waals surface area contributed by atoms with E-state index < -0.39 is 0 Å². The molecular weight excluding hydrogens is 352 g/mol. The first-order valence-electron chi connectivity index (χ1n) is 8.41. The third kappa shape index (κ3) is 3.83. The number of hydrogen-bond acceptors (Lipinski definition) is 6. The second-order valence-electron chi connectivity index (χ2n) is 5.91. The molecule has 1 aromatic carbocycles. The number of thiophene rings is 1. The highest BCUT2D eigenvalue weighted by molar-refractivity contribution is 7.14. The Balaban J connectivity index is 1.75. The number of benzene rings is 1. The van der Waals surface area contributed by atoms with Crippen LogP contribution in [0.4, 0.5) is 0 Å². The van der Waals surface area contributed by atoms with Gasteiger partial charge in [0.25, 0.3) is 5.91 Å².